The van der Waals surface area contributed by atoms with E-state index in [-0.39, 0.29) is 0 Å². The molecular formula is C13H9N3O2. The van der Waals surface area contributed by atoms with Crippen LogP contribution in [-0.4, -0.2) is 23.0 Å². The molecule has 0 aliphatic heterocycles. The van der Waals surface area contributed by atoms with E-state index in [2.05, 4.69) is 14.7 Å². The molecule has 0 unspecified atom stereocenters. The lowest BCUT2D eigenvalue weighted by Gasteiger charge is -2.02. The molecule has 0 saturated carbocycles. The molecule has 0 aliphatic rings. The molecule has 0 spiro atoms. The number of nitrogens with zero attached hydrogens (tertiary/aromatic N) is 3. The molecule has 0 amide bonds. The van der Waals surface area contributed by atoms with Crippen LogP contribution in [0.4, 0.5) is 0 Å². The van der Waals surface area contributed by atoms with Gasteiger partial charge in [0.2, 0.25) is 0 Å². The molecule has 0 fully saturated rings. The number of ether oxygens (including phenoxy) is 1. The van der Waals surface area contributed by atoms with Crippen molar-refractivity contribution < 1.29 is 9.53 Å². The predicted octanol–water partition coefficient (Wildman–Crippen LogP) is 1.80. The van der Waals surface area contributed by atoms with Crippen molar-refractivity contribution >= 4 is 5.97 Å². The number of carbonyl (C=O) groups excluding carboxylic acids is 1. The standard InChI is InChI=1S/C13H9N3O2/c1-18-13(17)10-4-5-15-12(6-10)11-3-2-9(7-14)8-16-11/h2-6,8H,1H3. The monoisotopic (exact) mass is 239 g/mol. The van der Waals surface area contributed by atoms with Crippen LogP contribution in [0.2, 0.25) is 0 Å². The highest BCUT2D eigenvalue weighted by atomic mass is 16.5. The van der Waals surface area contributed by atoms with Crippen molar-refractivity contribution in [2.45, 2.75) is 0 Å². The molecule has 0 bridgehead atoms. The minimum atomic E-state index is -0.424. The van der Waals surface area contributed by atoms with Gasteiger partial charge in [-0.1, -0.05) is 0 Å². The Morgan fingerprint density at radius 3 is 2.72 bits per heavy atom. The van der Waals surface area contributed by atoms with Gasteiger partial charge in [-0.3, -0.25) is 9.97 Å². The molecule has 2 aromatic heterocycles. The van der Waals surface area contributed by atoms with Gasteiger partial charge in [0, 0.05) is 12.4 Å². The Morgan fingerprint density at radius 2 is 2.11 bits per heavy atom. The Labute approximate surface area is 104 Å². The lowest BCUT2D eigenvalue weighted by atomic mass is 10.1. The summed E-state index contributed by atoms with van der Waals surface area (Å²) in [7, 11) is 1.32. The van der Waals surface area contributed by atoms with Gasteiger partial charge < -0.3 is 4.74 Å². The fourth-order valence-electron chi connectivity index (χ4n) is 1.43. The molecule has 2 aromatic rings. The summed E-state index contributed by atoms with van der Waals surface area (Å²) in [5.41, 5.74) is 2.04. The fraction of sp³-hybridized carbons (Fsp3) is 0.0769. The van der Waals surface area contributed by atoms with Gasteiger partial charge >= 0.3 is 5.97 Å². The van der Waals surface area contributed by atoms with Crippen LogP contribution in [0.1, 0.15) is 15.9 Å². The van der Waals surface area contributed by atoms with E-state index in [1.807, 2.05) is 6.07 Å². The smallest absolute Gasteiger partial charge is 0.337 e. The number of rotatable bonds is 2. The number of pyridine rings is 2. The lowest BCUT2D eigenvalue weighted by Crippen LogP contribution is -2.02. The van der Waals surface area contributed by atoms with Crippen molar-refractivity contribution in [2.75, 3.05) is 7.11 Å². The zero-order valence-corrected chi connectivity index (χ0v) is 9.62. The number of methoxy groups -OCH3 is 1. The average Bonchev–Trinajstić information content (AvgIpc) is 2.46. The highest BCUT2D eigenvalue weighted by Crippen LogP contribution is 2.16. The third-order valence-corrected chi connectivity index (χ3v) is 2.34. The summed E-state index contributed by atoms with van der Waals surface area (Å²) >= 11 is 0. The third-order valence-electron chi connectivity index (χ3n) is 2.34. The van der Waals surface area contributed by atoms with E-state index in [4.69, 9.17) is 5.26 Å². The molecule has 5 nitrogen and oxygen atoms in total. The predicted molar refractivity (Wildman–Crippen MR) is 63.5 cm³/mol. The number of nitriles is 1. The number of hydrogen-bond donors (Lipinski definition) is 0. The van der Waals surface area contributed by atoms with Crippen LogP contribution in [0.15, 0.2) is 36.7 Å². The first kappa shape index (κ1) is 11.7. The highest BCUT2D eigenvalue weighted by Gasteiger charge is 2.08. The summed E-state index contributed by atoms with van der Waals surface area (Å²) in [6.45, 7) is 0. The van der Waals surface area contributed by atoms with Gasteiger partial charge in [0.15, 0.2) is 0 Å². The second-order valence-electron chi connectivity index (χ2n) is 3.47. The molecule has 2 rings (SSSR count). The zero-order valence-electron chi connectivity index (χ0n) is 9.62. The number of hydrogen-bond acceptors (Lipinski definition) is 5. The summed E-state index contributed by atoms with van der Waals surface area (Å²) in [4.78, 5) is 19.6. The quantitative estimate of drug-likeness (QED) is 0.747. The van der Waals surface area contributed by atoms with Gasteiger partial charge in [-0.05, 0) is 24.3 Å². The SMILES string of the molecule is COC(=O)c1ccnc(-c2ccc(C#N)cn2)c1. The van der Waals surface area contributed by atoms with Crippen molar-refractivity contribution in [2.24, 2.45) is 0 Å². The van der Waals surface area contributed by atoms with Crippen LogP contribution in [0.5, 0.6) is 0 Å². The minimum Gasteiger partial charge on any atom is -0.465 e. The maximum absolute atomic E-state index is 11.4. The third kappa shape index (κ3) is 2.33. The lowest BCUT2D eigenvalue weighted by molar-refractivity contribution is 0.0600. The van der Waals surface area contributed by atoms with Crippen LogP contribution >= 0.6 is 0 Å². The maximum atomic E-state index is 11.4. The summed E-state index contributed by atoms with van der Waals surface area (Å²) in [5, 5.41) is 8.68. The number of esters is 1. The molecular weight excluding hydrogens is 230 g/mol. The molecule has 0 aliphatic carbocycles. The van der Waals surface area contributed by atoms with Gasteiger partial charge in [-0.2, -0.15) is 5.26 Å². The summed E-state index contributed by atoms with van der Waals surface area (Å²) in [6.07, 6.45) is 2.98. The largest absolute Gasteiger partial charge is 0.465 e. The summed E-state index contributed by atoms with van der Waals surface area (Å²) in [5.74, 6) is -0.424. The second-order valence-corrected chi connectivity index (χ2v) is 3.47. The van der Waals surface area contributed by atoms with E-state index in [1.54, 1.807) is 24.3 Å². The molecule has 18 heavy (non-hydrogen) atoms. The van der Waals surface area contributed by atoms with Crippen LogP contribution in [0.25, 0.3) is 11.4 Å². The van der Waals surface area contributed by atoms with Crippen molar-refractivity contribution in [3.63, 3.8) is 0 Å². The molecule has 0 saturated heterocycles. The highest BCUT2D eigenvalue weighted by molar-refractivity contribution is 5.90. The van der Waals surface area contributed by atoms with E-state index in [0.717, 1.165) is 0 Å². The molecule has 88 valence electrons. The molecule has 0 N–H and O–H groups in total. The molecule has 0 aromatic carbocycles. The van der Waals surface area contributed by atoms with Gasteiger partial charge in [-0.15, -0.1) is 0 Å². The van der Waals surface area contributed by atoms with Crippen LogP contribution in [-0.2, 0) is 4.74 Å². The van der Waals surface area contributed by atoms with E-state index in [0.29, 0.717) is 22.5 Å². The Bertz CT molecular complexity index is 615. The molecule has 0 atom stereocenters. The first-order valence-electron chi connectivity index (χ1n) is 5.15. The van der Waals surface area contributed by atoms with Crippen molar-refractivity contribution in [1.29, 1.82) is 5.26 Å². The fourth-order valence-corrected chi connectivity index (χ4v) is 1.43. The minimum absolute atomic E-state index is 0.411. The average molecular weight is 239 g/mol. The van der Waals surface area contributed by atoms with Crippen LogP contribution < -0.4 is 0 Å². The van der Waals surface area contributed by atoms with Crippen molar-refractivity contribution in [1.82, 2.24) is 9.97 Å². The second kappa shape index (κ2) is 5.06. The summed E-state index contributed by atoms with van der Waals surface area (Å²) < 4.78 is 4.63. The first-order valence-corrected chi connectivity index (χ1v) is 5.15. The van der Waals surface area contributed by atoms with E-state index in [9.17, 15) is 4.79 Å². The van der Waals surface area contributed by atoms with Crippen LogP contribution in [0, 0.1) is 11.3 Å². The number of carbonyl (C=O) groups is 1. The van der Waals surface area contributed by atoms with Gasteiger partial charge in [0.1, 0.15) is 6.07 Å². The van der Waals surface area contributed by atoms with Gasteiger partial charge in [0.05, 0.1) is 29.6 Å². The summed E-state index contributed by atoms with van der Waals surface area (Å²) in [6, 6.07) is 8.48. The van der Waals surface area contributed by atoms with E-state index < -0.39 is 5.97 Å². The number of aromatic nitrogens is 2. The molecule has 5 heteroatoms. The normalized spacial score (nSPS) is 9.56. The topological polar surface area (TPSA) is 75.9 Å². The Balaban J connectivity index is 2.38. The van der Waals surface area contributed by atoms with E-state index >= 15 is 0 Å². The van der Waals surface area contributed by atoms with Gasteiger partial charge in [-0.25, -0.2) is 4.79 Å². The van der Waals surface area contributed by atoms with Crippen molar-refractivity contribution in [3.05, 3.63) is 47.8 Å². The Morgan fingerprint density at radius 1 is 1.28 bits per heavy atom. The van der Waals surface area contributed by atoms with Gasteiger partial charge in [0.25, 0.3) is 0 Å². The van der Waals surface area contributed by atoms with E-state index in [1.165, 1.54) is 19.5 Å². The Hall–Kier alpha value is -2.74. The Kier molecular flexibility index (Phi) is 3.30. The molecule has 2 heterocycles. The first-order chi connectivity index (χ1) is 8.74. The molecule has 0 radical (unpaired) electrons. The van der Waals surface area contributed by atoms with Crippen molar-refractivity contribution in [3.8, 4) is 17.5 Å². The maximum Gasteiger partial charge on any atom is 0.337 e. The zero-order chi connectivity index (χ0) is 13.0. The van der Waals surface area contributed by atoms with Crippen LogP contribution in [0.3, 0.4) is 0 Å².